The van der Waals surface area contributed by atoms with Crippen LogP contribution in [0.4, 0.5) is 5.82 Å². The van der Waals surface area contributed by atoms with Crippen LogP contribution in [0.3, 0.4) is 0 Å². The van der Waals surface area contributed by atoms with Gasteiger partial charge in [-0.05, 0) is 25.6 Å². The number of carbonyl (C=O) groups is 2. The molecule has 0 bridgehead atoms. The molecule has 218 valence electrons. The topological polar surface area (TPSA) is 248 Å². The second-order valence-electron chi connectivity index (χ2n) is 7.42. The number of hydrogen-bond donors (Lipinski definition) is 7. The van der Waals surface area contributed by atoms with Gasteiger partial charge in [0.25, 0.3) is 0 Å². The second-order valence-corrected chi connectivity index (χ2v) is 9.73. The summed E-state index contributed by atoms with van der Waals surface area (Å²) >= 11 is 0.862. The van der Waals surface area contributed by atoms with Crippen LogP contribution in [0.5, 0.6) is 0 Å². The van der Waals surface area contributed by atoms with Gasteiger partial charge >= 0.3 is 7.82 Å². The second kappa shape index (κ2) is 20.2. The van der Waals surface area contributed by atoms with Crippen LogP contribution in [0.15, 0.2) is 47.1 Å². The molecular weight excluding hydrogens is 551 g/mol. The van der Waals surface area contributed by atoms with Crippen LogP contribution >= 0.6 is 19.6 Å². The summed E-state index contributed by atoms with van der Waals surface area (Å²) in [6, 6.07) is 8.52. The summed E-state index contributed by atoms with van der Waals surface area (Å²) in [7, 11) is -4.67. The summed E-state index contributed by atoms with van der Waals surface area (Å²) in [5.41, 5.74) is 16.8. The molecule has 0 aliphatic rings. The maximum absolute atomic E-state index is 12.7. The number of phosphoric acid groups is 1. The molecule has 1 aromatic carbocycles. The fourth-order valence-electron chi connectivity index (χ4n) is 2.52. The van der Waals surface area contributed by atoms with Crippen molar-refractivity contribution in [3.8, 4) is 0 Å². The summed E-state index contributed by atoms with van der Waals surface area (Å²) in [6.45, 7) is 3.98. The first-order valence-corrected chi connectivity index (χ1v) is 13.9. The van der Waals surface area contributed by atoms with Crippen molar-refractivity contribution < 1.29 is 38.7 Å². The molecule has 0 unspecified atom stereocenters. The Bertz CT molecular complexity index is 1080. The smallest absolute Gasteiger partial charge is 0.395 e. The van der Waals surface area contributed by atoms with E-state index in [1.165, 1.54) is 11.1 Å². The molecule has 1 aromatic heterocycles. The van der Waals surface area contributed by atoms with E-state index < -0.39 is 7.82 Å². The quantitative estimate of drug-likeness (QED) is 0.132. The highest BCUT2D eigenvalue weighted by molar-refractivity contribution is 8.17. The molecule has 14 nitrogen and oxygen atoms in total. The Hall–Kier alpha value is -2.72. The van der Waals surface area contributed by atoms with Crippen molar-refractivity contribution in [3.05, 3.63) is 64.1 Å². The van der Waals surface area contributed by atoms with Crippen molar-refractivity contribution in [1.82, 2.24) is 14.9 Å². The molecule has 10 N–H and O–H groups in total. The summed E-state index contributed by atoms with van der Waals surface area (Å²) < 4.78 is 15.5. The number of anilines is 1. The van der Waals surface area contributed by atoms with Gasteiger partial charge in [-0.15, -0.1) is 0 Å². The summed E-state index contributed by atoms with van der Waals surface area (Å²) in [6.07, 6.45) is 2.09. The summed E-state index contributed by atoms with van der Waals surface area (Å²) in [5, 5.41) is 15.2. The minimum absolute atomic E-state index is 0.00437. The number of thioether (sulfide) groups is 1. The van der Waals surface area contributed by atoms with Gasteiger partial charge in [-0.1, -0.05) is 30.3 Å². The highest BCUT2D eigenvalue weighted by Gasteiger charge is 2.20. The number of carbonyl (C=O) groups excluding carboxylic acids is 2. The average Bonchev–Trinajstić information content (AvgIpc) is 2.91. The highest BCUT2D eigenvalue weighted by Crippen LogP contribution is 2.37. The third-order valence-corrected chi connectivity index (χ3v) is 6.08. The first kappa shape index (κ1) is 36.3. The molecule has 2 rings (SSSR count). The summed E-state index contributed by atoms with van der Waals surface area (Å²) in [4.78, 5) is 52.2. The molecule has 0 fully saturated rings. The van der Waals surface area contributed by atoms with Crippen molar-refractivity contribution in [2.24, 2.45) is 11.5 Å². The van der Waals surface area contributed by atoms with E-state index in [1.54, 1.807) is 44.2 Å². The maximum atomic E-state index is 12.7. The molecule has 0 radical (unpaired) electrons. The largest absolute Gasteiger partial charge is 0.469 e. The zero-order valence-electron chi connectivity index (χ0n) is 21.8. The first-order chi connectivity index (χ1) is 18.4. The molecule has 39 heavy (non-hydrogen) atoms. The Morgan fingerprint density at radius 1 is 1.15 bits per heavy atom. The van der Waals surface area contributed by atoms with E-state index in [0.29, 0.717) is 47.1 Å². The minimum Gasteiger partial charge on any atom is -0.395 e. The van der Waals surface area contributed by atoms with Crippen molar-refractivity contribution in [3.63, 3.8) is 0 Å². The highest BCUT2D eigenvalue weighted by atomic mass is 32.2. The van der Waals surface area contributed by atoms with Crippen LogP contribution < -0.4 is 17.2 Å². The fraction of sp³-hybridized carbons (Fsp3) is 0.391. The molecule has 0 aliphatic heterocycles. The van der Waals surface area contributed by atoms with Crippen molar-refractivity contribution >= 4 is 36.9 Å². The van der Waals surface area contributed by atoms with Crippen LogP contribution in [0.1, 0.15) is 35.1 Å². The lowest BCUT2D eigenvalue weighted by atomic mass is 10.2. The molecule has 16 heteroatoms. The Morgan fingerprint density at radius 2 is 1.72 bits per heavy atom. The number of nitrogens with zero attached hydrogens (tertiary/aromatic N) is 3. The van der Waals surface area contributed by atoms with Gasteiger partial charge in [0.05, 0.1) is 26.4 Å². The zero-order chi connectivity index (χ0) is 29.8. The number of hydrogen-bond acceptors (Lipinski definition) is 12. The fourth-order valence-corrected chi connectivity index (χ4v) is 3.78. The number of nitrogens with two attached hydrogens (primary N) is 3. The lowest BCUT2D eigenvalue weighted by molar-refractivity contribution is -0.116. The first-order valence-electron chi connectivity index (χ1n) is 11.5. The molecule has 0 saturated carbocycles. The van der Waals surface area contributed by atoms with Crippen LogP contribution in [-0.2, 0) is 20.4 Å². The van der Waals surface area contributed by atoms with Gasteiger partial charge < -0.3 is 42.1 Å². The molecule has 0 aliphatic carbocycles. The number of aromatic nitrogens is 2. The van der Waals surface area contributed by atoms with Gasteiger partial charge in [0, 0.05) is 47.4 Å². The monoisotopic (exact) mass is 588 g/mol. The van der Waals surface area contributed by atoms with Crippen LogP contribution in [0, 0.1) is 6.92 Å². The lowest BCUT2D eigenvalue weighted by Gasteiger charge is -2.22. The number of aryl methyl sites for hydroxylation is 1. The molecule has 2 aromatic rings. The molecule has 0 saturated heterocycles. The number of nitrogen functional groups attached to an aromatic ring is 1. The van der Waals surface area contributed by atoms with Gasteiger partial charge in [0.1, 0.15) is 11.6 Å². The van der Waals surface area contributed by atoms with E-state index in [9.17, 15) is 14.2 Å². The van der Waals surface area contributed by atoms with E-state index in [0.717, 1.165) is 11.8 Å². The predicted octanol–water partition coefficient (Wildman–Crippen LogP) is 0.505. The maximum Gasteiger partial charge on any atom is 0.469 e. The minimum atomic E-state index is -4.67. The Labute approximate surface area is 231 Å². The standard InChI is InChI=1S/C19H23N4O6PS.2C2H7NO/c1-13(23(12-24)11-16-10-21-14(2)22-18(16)20)17(8-9-29-30(26,27)28)31-19(25)15-6-4-3-5-7-15;2*3-1-2-4/h3-7,10,12H,8-9,11H2,1-2H3,(H2,20,21,22)(H2,26,27,28);2*4H,1-3H2/b17-13+;;. The van der Waals surface area contributed by atoms with E-state index in [-0.39, 0.29) is 43.7 Å². The molecule has 0 atom stereocenters. The van der Waals surface area contributed by atoms with E-state index in [2.05, 4.69) is 14.5 Å². The van der Waals surface area contributed by atoms with E-state index in [4.69, 9.17) is 37.2 Å². The van der Waals surface area contributed by atoms with Crippen LogP contribution in [0.2, 0.25) is 0 Å². The Morgan fingerprint density at radius 3 is 2.18 bits per heavy atom. The number of aliphatic hydroxyl groups excluding tert-OH is 2. The van der Waals surface area contributed by atoms with Gasteiger partial charge in [-0.25, -0.2) is 14.5 Å². The molecule has 0 spiro atoms. The average molecular weight is 589 g/mol. The lowest BCUT2D eigenvalue weighted by Crippen LogP contribution is -2.22. The summed E-state index contributed by atoms with van der Waals surface area (Å²) in [5.74, 6) is 0.719. The van der Waals surface area contributed by atoms with Gasteiger partial charge in [-0.3, -0.25) is 14.1 Å². The SMILES string of the molecule is C/C(=C(/CCOP(=O)(O)O)SC(=O)c1ccccc1)N(C=O)Cc1cnc(C)nc1N.NCCO.NCCO. The third kappa shape index (κ3) is 16.1. The normalized spacial score (nSPS) is 11.3. The Kier molecular flexibility index (Phi) is 18.8. The van der Waals surface area contributed by atoms with Crippen LogP contribution in [0.25, 0.3) is 0 Å². The number of allylic oxidation sites excluding steroid dienone is 1. The number of rotatable bonds is 12. The van der Waals surface area contributed by atoms with Gasteiger partial charge in [0.2, 0.25) is 11.5 Å². The number of aliphatic hydroxyl groups is 2. The Balaban J connectivity index is 0.00000159. The number of phosphoric ester groups is 1. The van der Waals surface area contributed by atoms with Gasteiger partial charge in [-0.2, -0.15) is 0 Å². The van der Waals surface area contributed by atoms with Crippen LogP contribution in [-0.4, -0.2) is 79.3 Å². The number of amides is 1. The van der Waals surface area contributed by atoms with E-state index >= 15 is 0 Å². The zero-order valence-corrected chi connectivity index (χ0v) is 23.6. The predicted molar refractivity (Wildman–Crippen MR) is 149 cm³/mol. The molecular formula is C23H37N6O8PS. The van der Waals surface area contributed by atoms with Crippen molar-refractivity contribution in [1.29, 1.82) is 0 Å². The molecule has 1 heterocycles. The third-order valence-electron chi connectivity index (χ3n) is 4.39. The van der Waals surface area contributed by atoms with E-state index in [1.807, 2.05) is 0 Å². The van der Waals surface area contributed by atoms with Crippen molar-refractivity contribution in [2.75, 3.05) is 38.6 Å². The van der Waals surface area contributed by atoms with Crippen molar-refractivity contribution in [2.45, 2.75) is 26.8 Å². The van der Waals surface area contributed by atoms with Gasteiger partial charge in [0.15, 0.2) is 0 Å². The number of benzene rings is 1. The molecule has 1 amide bonds.